The third kappa shape index (κ3) is 9.45. The summed E-state index contributed by atoms with van der Waals surface area (Å²) in [4.78, 5) is 17.2. The lowest BCUT2D eigenvalue weighted by molar-refractivity contribution is -0.278. The Balaban J connectivity index is 1.27. The number of aliphatic hydroxyl groups is 5. The number of hydrogen-bond acceptors (Lipinski definition) is 12. The number of β-amino-alcohol motifs (C(OH)–C–C–N with tert-alkyl or cyclic N) is 1. The molecule has 3 unspecified atom stereocenters. The number of aryl methyl sites for hydroxylation is 1. The number of benzene rings is 1. The highest BCUT2D eigenvalue weighted by molar-refractivity contribution is 5.82. The number of carbonyl (C=O) groups excluding carboxylic acids is 1. The van der Waals surface area contributed by atoms with Gasteiger partial charge in [0.25, 0.3) is 0 Å². The monoisotopic (exact) mass is 677 g/mol. The first-order chi connectivity index (χ1) is 22.9. The molecule has 3 heterocycles. The second-order valence-corrected chi connectivity index (χ2v) is 13.8. The SMILES string of the molecule is Cc1cc(OCCCNCC(C)(C)C(=O)N2CCN(CCO)CC2)ccc1Cc1c(OC2OC(CO)[C@@H](O)C(O)[C@H]2O)n[nH]c1C(C)C. The predicted molar refractivity (Wildman–Crippen MR) is 178 cm³/mol. The van der Waals surface area contributed by atoms with E-state index < -0.39 is 42.7 Å². The summed E-state index contributed by atoms with van der Waals surface area (Å²) in [6.07, 6.45) is -5.74. The molecule has 1 aromatic heterocycles. The highest BCUT2D eigenvalue weighted by atomic mass is 16.7. The van der Waals surface area contributed by atoms with Crippen molar-refractivity contribution in [3.63, 3.8) is 0 Å². The molecule has 0 bridgehead atoms. The first-order valence-electron chi connectivity index (χ1n) is 17.0. The van der Waals surface area contributed by atoms with Crippen LogP contribution < -0.4 is 14.8 Å². The normalized spacial score (nSPS) is 23.9. The van der Waals surface area contributed by atoms with E-state index in [2.05, 4.69) is 20.4 Å². The lowest BCUT2D eigenvalue weighted by Crippen LogP contribution is -2.60. The number of aromatic nitrogens is 2. The number of rotatable bonds is 16. The molecule has 1 aromatic carbocycles. The van der Waals surface area contributed by atoms with E-state index in [1.807, 2.05) is 57.7 Å². The molecule has 1 amide bonds. The van der Waals surface area contributed by atoms with Gasteiger partial charge in [0.1, 0.15) is 30.2 Å². The Morgan fingerprint density at radius 1 is 1.12 bits per heavy atom. The lowest BCUT2D eigenvalue weighted by atomic mass is 9.91. The van der Waals surface area contributed by atoms with Gasteiger partial charge in [0.15, 0.2) is 0 Å². The fourth-order valence-electron chi connectivity index (χ4n) is 6.14. The zero-order valence-electron chi connectivity index (χ0n) is 28.9. The van der Waals surface area contributed by atoms with Crippen LogP contribution in [-0.4, -0.2) is 148 Å². The van der Waals surface area contributed by atoms with Crippen molar-refractivity contribution in [3.05, 3.63) is 40.6 Å². The van der Waals surface area contributed by atoms with Crippen LogP contribution in [0, 0.1) is 12.3 Å². The number of aliphatic hydroxyl groups excluding tert-OH is 5. The van der Waals surface area contributed by atoms with Crippen LogP contribution >= 0.6 is 0 Å². The third-order valence-electron chi connectivity index (χ3n) is 9.18. The minimum atomic E-state index is -1.55. The number of nitrogens with zero attached hydrogens (tertiary/aromatic N) is 3. The van der Waals surface area contributed by atoms with Gasteiger partial charge in [-0.15, -0.1) is 5.10 Å². The molecule has 5 atom stereocenters. The fourth-order valence-corrected chi connectivity index (χ4v) is 6.14. The first kappa shape index (κ1) is 38.0. The summed E-state index contributed by atoms with van der Waals surface area (Å²) in [5.74, 6) is 1.20. The quantitative estimate of drug-likeness (QED) is 0.119. The van der Waals surface area contributed by atoms with Crippen molar-refractivity contribution in [2.75, 3.05) is 65.6 Å². The Labute approximate surface area is 283 Å². The average Bonchev–Trinajstić information content (AvgIpc) is 3.46. The van der Waals surface area contributed by atoms with Gasteiger partial charge < -0.3 is 50.0 Å². The predicted octanol–water partition coefficient (Wildman–Crippen LogP) is 0.132. The second kappa shape index (κ2) is 17.2. The Kier molecular flexibility index (Phi) is 13.6. The van der Waals surface area contributed by atoms with Gasteiger partial charge in [-0.3, -0.25) is 14.8 Å². The molecule has 0 spiro atoms. The standard InChI is InChI=1S/C34H55N5O9/c1-21(2)27-25(31(37-36-27)48-32-30(44)29(43)28(42)26(19-41)47-32)18-23-7-8-24(17-22(23)3)46-16-6-9-35-20-34(4,5)33(45)39-12-10-38(11-13-39)14-15-40/h7-8,17,21,26,28-30,32,35,40-44H,6,9-16,18-20H2,1-5H3,(H,36,37)/t26?,28-,29?,30-,32?/m1/s1. The number of amides is 1. The van der Waals surface area contributed by atoms with E-state index >= 15 is 0 Å². The molecule has 270 valence electrons. The van der Waals surface area contributed by atoms with Crippen LogP contribution in [0.1, 0.15) is 62.4 Å². The molecule has 7 N–H and O–H groups in total. The average molecular weight is 678 g/mol. The molecule has 2 aromatic rings. The van der Waals surface area contributed by atoms with Gasteiger partial charge in [0.05, 0.1) is 25.2 Å². The molecule has 4 rings (SSSR count). The zero-order chi connectivity index (χ0) is 35.0. The van der Waals surface area contributed by atoms with Crippen molar-refractivity contribution in [2.24, 2.45) is 5.41 Å². The minimum Gasteiger partial charge on any atom is -0.494 e. The van der Waals surface area contributed by atoms with Gasteiger partial charge in [-0.1, -0.05) is 19.9 Å². The third-order valence-corrected chi connectivity index (χ3v) is 9.18. The van der Waals surface area contributed by atoms with Gasteiger partial charge in [-0.05, 0) is 62.9 Å². The van der Waals surface area contributed by atoms with Crippen molar-refractivity contribution < 1.29 is 44.5 Å². The maximum absolute atomic E-state index is 13.1. The van der Waals surface area contributed by atoms with Crippen LogP contribution in [0.4, 0.5) is 0 Å². The van der Waals surface area contributed by atoms with Crippen molar-refractivity contribution in [1.82, 2.24) is 25.3 Å². The van der Waals surface area contributed by atoms with Crippen LogP contribution in [0.5, 0.6) is 11.6 Å². The molecule has 2 aliphatic heterocycles. The maximum Gasteiger partial charge on any atom is 0.238 e. The summed E-state index contributed by atoms with van der Waals surface area (Å²) in [6, 6.07) is 5.90. The molecule has 0 saturated carbocycles. The summed E-state index contributed by atoms with van der Waals surface area (Å²) in [5, 5.41) is 60.2. The number of piperazine rings is 1. The number of nitrogens with one attached hydrogen (secondary N) is 2. The van der Waals surface area contributed by atoms with E-state index in [0.717, 1.165) is 47.6 Å². The summed E-state index contributed by atoms with van der Waals surface area (Å²) in [6.45, 7) is 15.0. The van der Waals surface area contributed by atoms with Crippen molar-refractivity contribution in [2.45, 2.75) is 84.1 Å². The van der Waals surface area contributed by atoms with Crippen molar-refractivity contribution >= 4 is 5.91 Å². The van der Waals surface area contributed by atoms with E-state index in [9.17, 15) is 25.2 Å². The number of H-pyrrole nitrogens is 1. The van der Waals surface area contributed by atoms with E-state index in [1.54, 1.807) is 0 Å². The largest absolute Gasteiger partial charge is 0.494 e. The highest BCUT2D eigenvalue weighted by Gasteiger charge is 2.45. The van der Waals surface area contributed by atoms with Crippen molar-refractivity contribution in [3.8, 4) is 11.6 Å². The van der Waals surface area contributed by atoms with E-state index in [4.69, 9.17) is 19.3 Å². The highest BCUT2D eigenvalue weighted by Crippen LogP contribution is 2.32. The Bertz CT molecular complexity index is 1310. The van der Waals surface area contributed by atoms with E-state index in [0.29, 0.717) is 45.8 Å². The maximum atomic E-state index is 13.1. The first-order valence-corrected chi connectivity index (χ1v) is 17.0. The van der Waals surface area contributed by atoms with Crippen LogP contribution in [0.3, 0.4) is 0 Å². The Morgan fingerprint density at radius 2 is 1.85 bits per heavy atom. The smallest absolute Gasteiger partial charge is 0.238 e. The fraction of sp³-hybridized carbons (Fsp3) is 0.706. The van der Waals surface area contributed by atoms with Gasteiger partial charge in [0.2, 0.25) is 18.1 Å². The molecular formula is C34H55N5O9. The van der Waals surface area contributed by atoms with Gasteiger partial charge >= 0.3 is 0 Å². The van der Waals surface area contributed by atoms with Gasteiger partial charge in [-0.2, -0.15) is 0 Å². The van der Waals surface area contributed by atoms with Crippen LogP contribution in [0.15, 0.2) is 18.2 Å². The second-order valence-electron chi connectivity index (χ2n) is 13.8. The zero-order valence-corrected chi connectivity index (χ0v) is 28.9. The van der Waals surface area contributed by atoms with Crippen LogP contribution in [-0.2, 0) is 16.0 Å². The van der Waals surface area contributed by atoms with Crippen molar-refractivity contribution in [1.29, 1.82) is 0 Å². The van der Waals surface area contributed by atoms with E-state index in [-0.39, 0.29) is 24.3 Å². The molecule has 0 radical (unpaired) electrons. The molecule has 14 heteroatoms. The Hall–Kier alpha value is -2.82. The number of carbonyl (C=O) groups is 1. The van der Waals surface area contributed by atoms with Gasteiger partial charge in [-0.25, -0.2) is 0 Å². The molecule has 2 aliphatic rings. The Morgan fingerprint density at radius 3 is 2.50 bits per heavy atom. The molecular weight excluding hydrogens is 622 g/mol. The molecule has 14 nitrogen and oxygen atoms in total. The summed E-state index contributed by atoms with van der Waals surface area (Å²) in [5.41, 5.74) is 3.14. The van der Waals surface area contributed by atoms with Crippen LogP contribution in [0.25, 0.3) is 0 Å². The number of aromatic amines is 1. The molecule has 2 fully saturated rings. The summed E-state index contributed by atoms with van der Waals surface area (Å²) >= 11 is 0. The molecule has 2 saturated heterocycles. The van der Waals surface area contributed by atoms with E-state index in [1.165, 1.54) is 0 Å². The molecule has 48 heavy (non-hydrogen) atoms. The summed E-state index contributed by atoms with van der Waals surface area (Å²) < 4.78 is 17.5. The lowest BCUT2D eigenvalue weighted by Gasteiger charge is -2.39. The number of hydrogen-bond donors (Lipinski definition) is 7. The summed E-state index contributed by atoms with van der Waals surface area (Å²) in [7, 11) is 0. The van der Waals surface area contributed by atoms with Gasteiger partial charge in [0, 0.05) is 56.9 Å². The van der Waals surface area contributed by atoms with Crippen LogP contribution in [0.2, 0.25) is 0 Å². The topological polar surface area (TPSA) is 193 Å². The number of ether oxygens (including phenoxy) is 3. The minimum absolute atomic E-state index is 0.0907. The molecule has 0 aliphatic carbocycles.